The van der Waals surface area contributed by atoms with Crippen LogP contribution in [0.3, 0.4) is 0 Å². The SMILES string of the molecule is CC[C@@H](C)C[C@H](Cc1ccccc1)NC(=O)OC(C)(C)C. The minimum absolute atomic E-state index is 0.109. The van der Waals surface area contributed by atoms with Crippen LogP contribution in [0.1, 0.15) is 53.0 Å². The summed E-state index contributed by atoms with van der Waals surface area (Å²) in [7, 11) is 0. The lowest BCUT2D eigenvalue weighted by Gasteiger charge is -2.25. The van der Waals surface area contributed by atoms with Crippen LogP contribution in [0.15, 0.2) is 30.3 Å². The van der Waals surface area contributed by atoms with Crippen molar-refractivity contribution in [3.63, 3.8) is 0 Å². The quantitative estimate of drug-likeness (QED) is 0.834. The third-order valence-corrected chi connectivity index (χ3v) is 3.43. The summed E-state index contributed by atoms with van der Waals surface area (Å²) in [5, 5.41) is 3.03. The predicted molar refractivity (Wildman–Crippen MR) is 87.4 cm³/mol. The Balaban J connectivity index is 2.66. The van der Waals surface area contributed by atoms with Gasteiger partial charge >= 0.3 is 6.09 Å². The first kappa shape index (κ1) is 17.5. The molecule has 0 aliphatic carbocycles. The highest BCUT2D eigenvalue weighted by Crippen LogP contribution is 2.15. The molecule has 0 saturated carbocycles. The van der Waals surface area contributed by atoms with Crippen molar-refractivity contribution in [3.05, 3.63) is 35.9 Å². The molecule has 0 spiro atoms. The molecule has 118 valence electrons. The van der Waals surface area contributed by atoms with E-state index in [4.69, 9.17) is 4.74 Å². The van der Waals surface area contributed by atoms with Crippen molar-refractivity contribution in [2.75, 3.05) is 0 Å². The molecule has 3 heteroatoms. The highest BCUT2D eigenvalue weighted by atomic mass is 16.6. The molecule has 3 nitrogen and oxygen atoms in total. The summed E-state index contributed by atoms with van der Waals surface area (Å²) < 4.78 is 5.37. The first-order valence-electron chi connectivity index (χ1n) is 7.83. The molecule has 2 atom stereocenters. The summed E-state index contributed by atoms with van der Waals surface area (Å²) in [5.74, 6) is 0.577. The average molecular weight is 291 g/mol. The van der Waals surface area contributed by atoms with Gasteiger partial charge in [-0.1, -0.05) is 50.6 Å². The summed E-state index contributed by atoms with van der Waals surface area (Å²) >= 11 is 0. The Labute approximate surface area is 129 Å². The molecule has 0 radical (unpaired) electrons. The number of carbonyl (C=O) groups excluding carboxylic acids is 1. The summed E-state index contributed by atoms with van der Waals surface area (Å²) in [6, 6.07) is 10.4. The number of rotatable bonds is 6. The second kappa shape index (κ2) is 8.06. The molecule has 21 heavy (non-hydrogen) atoms. The zero-order chi connectivity index (χ0) is 15.9. The third-order valence-electron chi connectivity index (χ3n) is 3.43. The Kier molecular flexibility index (Phi) is 6.73. The third kappa shape index (κ3) is 7.74. The maximum atomic E-state index is 12.0. The molecule has 0 saturated heterocycles. The minimum Gasteiger partial charge on any atom is -0.444 e. The zero-order valence-electron chi connectivity index (χ0n) is 14.0. The molecule has 0 aliphatic rings. The van der Waals surface area contributed by atoms with Crippen molar-refractivity contribution in [2.45, 2.75) is 65.5 Å². The van der Waals surface area contributed by atoms with Crippen LogP contribution < -0.4 is 5.32 Å². The first-order chi connectivity index (χ1) is 9.80. The van der Waals surface area contributed by atoms with Crippen molar-refractivity contribution in [3.8, 4) is 0 Å². The molecule has 0 fully saturated rings. The van der Waals surface area contributed by atoms with Crippen LogP contribution in [0.25, 0.3) is 0 Å². The van der Waals surface area contributed by atoms with Gasteiger partial charge in [-0.05, 0) is 45.1 Å². The average Bonchev–Trinajstić information content (AvgIpc) is 2.37. The Bertz CT molecular complexity index is 423. The summed E-state index contributed by atoms with van der Waals surface area (Å²) in [4.78, 5) is 12.0. The molecule has 1 rings (SSSR count). The van der Waals surface area contributed by atoms with Crippen molar-refractivity contribution in [1.29, 1.82) is 0 Å². The van der Waals surface area contributed by atoms with Gasteiger partial charge in [-0.3, -0.25) is 0 Å². The van der Waals surface area contributed by atoms with Crippen molar-refractivity contribution >= 4 is 6.09 Å². The highest BCUT2D eigenvalue weighted by molar-refractivity contribution is 5.68. The van der Waals surface area contributed by atoms with Gasteiger partial charge in [0.2, 0.25) is 0 Å². The number of amides is 1. The number of nitrogens with one attached hydrogen (secondary N) is 1. The molecule has 1 amide bonds. The standard InChI is InChI=1S/C18H29NO2/c1-6-14(2)12-16(13-15-10-8-7-9-11-15)19-17(20)21-18(3,4)5/h7-11,14,16H,6,12-13H2,1-5H3,(H,19,20)/t14-,16-/m1/s1. The normalized spacial score (nSPS) is 14.3. The van der Waals surface area contributed by atoms with E-state index < -0.39 is 5.60 Å². The van der Waals surface area contributed by atoms with E-state index in [9.17, 15) is 4.79 Å². The monoisotopic (exact) mass is 291 g/mol. The van der Waals surface area contributed by atoms with Crippen LogP contribution in [-0.2, 0) is 11.2 Å². The fourth-order valence-corrected chi connectivity index (χ4v) is 2.22. The van der Waals surface area contributed by atoms with Crippen molar-refractivity contribution < 1.29 is 9.53 Å². The second-order valence-electron chi connectivity index (χ2n) is 6.78. The Morgan fingerprint density at radius 3 is 2.38 bits per heavy atom. The fraction of sp³-hybridized carbons (Fsp3) is 0.611. The summed E-state index contributed by atoms with van der Waals surface area (Å²) in [6.45, 7) is 10.0. The molecular formula is C18H29NO2. The number of benzene rings is 1. The number of alkyl carbamates (subject to hydrolysis) is 1. The van der Waals surface area contributed by atoms with E-state index in [1.165, 1.54) is 5.56 Å². The van der Waals surface area contributed by atoms with E-state index in [2.05, 4.69) is 31.3 Å². The molecule has 1 N–H and O–H groups in total. The lowest BCUT2D eigenvalue weighted by atomic mass is 9.95. The van der Waals surface area contributed by atoms with Gasteiger partial charge < -0.3 is 10.1 Å². The van der Waals surface area contributed by atoms with Crippen LogP contribution in [0, 0.1) is 5.92 Å². The number of hydrogen-bond donors (Lipinski definition) is 1. The van der Waals surface area contributed by atoms with E-state index in [0.717, 1.165) is 19.3 Å². The van der Waals surface area contributed by atoms with Gasteiger partial charge in [-0.15, -0.1) is 0 Å². The lowest BCUT2D eigenvalue weighted by molar-refractivity contribution is 0.0497. The smallest absolute Gasteiger partial charge is 0.407 e. The van der Waals surface area contributed by atoms with Crippen LogP contribution >= 0.6 is 0 Å². The van der Waals surface area contributed by atoms with E-state index in [1.807, 2.05) is 39.0 Å². The van der Waals surface area contributed by atoms with Gasteiger partial charge in [-0.2, -0.15) is 0 Å². The van der Waals surface area contributed by atoms with E-state index in [-0.39, 0.29) is 12.1 Å². The van der Waals surface area contributed by atoms with Crippen LogP contribution in [0.2, 0.25) is 0 Å². The molecule has 0 heterocycles. The van der Waals surface area contributed by atoms with E-state index in [0.29, 0.717) is 5.92 Å². The first-order valence-corrected chi connectivity index (χ1v) is 7.83. The largest absolute Gasteiger partial charge is 0.444 e. The van der Waals surface area contributed by atoms with Crippen LogP contribution in [0.4, 0.5) is 4.79 Å². The molecular weight excluding hydrogens is 262 g/mol. The van der Waals surface area contributed by atoms with Gasteiger partial charge in [0.05, 0.1) is 0 Å². The molecule has 0 unspecified atom stereocenters. The zero-order valence-corrected chi connectivity index (χ0v) is 14.0. The summed E-state index contributed by atoms with van der Waals surface area (Å²) in [6.07, 6.45) is 2.59. The second-order valence-corrected chi connectivity index (χ2v) is 6.78. The van der Waals surface area contributed by atoms with Gasteiger partial charge in [0.1, 0.15) is 5.60 Å². The van der Waals surface area contributed by atoms with Gasteiger partial charge in [0.15, 0.2) is 0 Å². The Hall–Kier alpha value is -1.51. The van der Waals surface area contributed by atoms with Crippen molar-refractivity contribution in [2.24, 2.45) is 5.92 Å². The molecule has 0 aromatic heterocycles. The van der Waals surface area contributed by atoms with E-state index >= 15 is 0 Å². The predicted octanol–water partition coefficient (Wildman–Crippen LogP) is 4.56. The maximum Gasteiger partial charge on any atom is 0.407 e. The molecule has 1 aromatic rings. The van der Waals surface area contributed by atoms with Crippen LogP contribution in [-0.4, -0.2) is 17.7 Å². The number of ether oxygens (including phenoxy) is 1. The minimum atomic E-state index is -0.461. The van der Waals surface area contributed by atoms with Gasteiger partial charge in [-0.25, -0.2) is 4.79 Å². The molecule has 0 bridgehead atoms. The maximum absolute atomic E-state index is 12.0. The van der Waals surface area contributed by atoms with Crippen LogP contribution in [0.5, 0.6) is 0 Å². The van der Waals surface area contributed by atoms with Gasteiger partial charge in [0, 0.05) is 6.04 Å². The molecule has 0 aliphatic heterocycles. The Morgan fingerprint density at radius 1 is 1.24 bits per heavy atom. The fourth-order valence-electron chi connectivity index (χ4n) is 2.22. The topological polar surface area (TPSA) is 38.3 Å². The number of carbonyl (C=O) groups is 1. The van der Waals surface area contributed by atoms with E-state index in [1.54, 1.807) is 0 Å². The van der Waals surface area contributed by atoms with Gasteiger partial charge in [0.25, 0.3) is 0 Å². The van der Waals surface area contributed by atoms with Crippen molar-refractivity contribution in [1.82, 2.24) is 5.32 Å². The highest BCUT2D eigenvalue weighted by Gasteiger charge is 2.20. The Morgan fingerprint density at radius 2 is 1.86 bits per heavy atom. The number of hydrogen-bond acceptors (Lipinski definition) is 2. The lowest BCUT2D eigenvalue weighted by Crippen LogP contribution is -2.41. The summed E-state index contributed by atoms with van der Waals surface area (Å²) in [5.41, 5.74) is 0.777. The molecule has 1 aromatic carbocycles.